The van der Waals surface area contributed by atoms with Crippen LogP contribution in [0.25, 0.3) is 16.7 Å². The van der Waals surface area contributed by atoms with Gasteiger partial charge in [-0.2, -0.15) is 5.10 Å². The molecule has 0 spiro atoms. The summed E-state index contributed by atoms with van der Waals surface area (Å²) in [6.07, 6.45) is 3.27. The van der Waals surface area contributed by atoms with Crippen molar-refractivity contribution < 1.29 is 9.53 Å². The normalized spacial score (nSPS) is 14.8. The Kier molecular flexibility index (Phi) is 4.62. The predicted molar refractivity (Wildman–Crippen MR) is 94.8 cm³/mol. The van der Waals surface area contributed by atoms with E-state index >= 15 is 0 Å². The molecule has 1 fully saturated rings. The summed E-state index contributed by atoms with van der Waals surface area (Å²) in [5.41, 5.74) is 1.68. The van der Waals surface area contributed by atoms with E-state index in [9.17, 15) is 4.79 Å². The van der Waals surface area contributed by atoms with Gasteiger partial charge >= 0.3 is 0 Å². The average Bonchev–Trinajstić information content (AvgIpc) is 3.12. The number of nitrogens with zero attached hydrogens (tertiary/aromatic N) is 5. The second-order valence-electron chi connectivity index (χ2n) is 5.59. The van der Waals surface area contributed by atoms with Crippen LogP contribution in [0.3, 0.4) is 0 Å². The fraction of sp³-hybridized carbons (Fsp3) is 0.294. The summed E-state index contributed by atoms with van der Waals surface area (Å²) in [5, 5.41) is 6.06. The van der Waals surface area contributed by atoms with Crippen LogP contribution in [-0.4, -0.2) is 62.6 Å². The molecule has 2 aromatic heterocycles. The molecule has 0 saturated carbocycles. The highest BCUT2D eigenvalue weighted by atomic mass is 32.2. The van der Waals surface area contributed by atoms with E-state index in [1.165, 1.54) is 18.1 Å². The topological polar surface area (TPSA) is 73.1 Å². The van der Waals surface area contributed by atoms with E-state index in [2.05, 4.69) is 15.1 Å². The van der Waals surface area contributed by atoms with Crippen molar-refractivity contribution in [2.24, 2.45) is 0 Å². The standard InChI is InChI=1S/C17H17N5O2S/c23-15(21-6-8-24-9-7-21)11-25-17-14-10-20-22(16(14)18-12-19-17)13-4-2-1-3-5-13/h1-5,10,12H,6-9,11H2. The molecule has 1 aromatic carbocycles. The van der Waals surface area contributed by atoms with Crippen molar-refractivity contribution >= 4 is 28.7 Å². The van der Waals surface area contributed by atoms with Crippen molar-refractivity contribution in [2.45, 2.75) is 5.03 Å². The molecule has 7 nitrogen and oxygen atoms in total. The van der Waals surface area contributed by atoms with Gasteiger partial charge in [0.05, 0.1) is 36.2 Å². The zero-order valence-electron chi connectivity index (χ0n) is 13.5. The molecule has 0 atom stereocenters. The molecule has 1 amide bonds. The average molecular weight is 355 g/mol. The maximum Gasteiger partial charge on any atom is 0.233 e. The number of benzene rings is 1. The molecule has 0 bridgehead atoms. The Bertz CT molecular complexity index is 877. The summed E-state index contributed by atoms with van der Waals surface area (Å²) in [6.45, 7) is 2.53. The van der Waals surface area contributed by atoms with Crippen LogP contribution in [0.4, 0.5) is 0 Å². The van der Waals surface area contributed by atoms with Crippen LogP contribution < -0.4 is 0 Å². The van der Waals surface area contributed by atoms with Crippen LogP contribution in [0.1, 0.15) is 0 Å². The largest absolute Gasteiger partial charge is 0.378 e. The van der Waals surface area contributed by atoms with Gasteiger partial charge in [-0.25, -0.2) is 14.6 Å². The van der Waals surface area contributed by atoms with Gasteiger partial charge < -0.3 is 9.64 Å². The molecule has 0 aliphatic carbocycles. The Balaban J connectivity index is 1.54. The van der Waals surface area contributed by atoms with Crippen LogP contribution in [0.5, 0.6) is 0 Å². The molecule has 3 heterocycles. The molecule has 0 N–H and O–H groups in total. The minimum atomic E-state index is 0.107. The van der Waals surface area contributed by atoms with Gasteiger partial charge in [0.1, 0.15) is 11.4 Å². The van der Waals surface area contributed by atoms with Gasteiger partial charge in [-0.3, -0.25) is 4.79 Å². The van der Waals surface area contributed by atoms with Crippen LogP contribution in [0.2, 0.25) is 0 Å². The summed E-state index contributed by atoms with van der Waals surface area (Å²) in [7, 11) is 0. The van der Waals surface area contributed by atoms with Gasteiger partial charge in [-0.1, -0.05) is 30.0 Å². The third-order valence-corrected chi connectivity index (χ3v) is 5.02. The molecule has 0 radical (unpaired) electrons. The van der Waals surface area contributed by atoms with E-state index in [0.717, 1.165) is 21.7 Å². The van der Waals surface area contributed by atoms with Gasteiger partial charge in [0.2, 0.25) is 5.91 Å². The van der Waals surface area contributed by atoms with Crippen LogP contribution in [-0.2, 0) is 9.53 Å². The molecule has 8 heteroatoms. The second-order valence-corrected chi connectivity index (χ2v) is 6.55. The first-order valence-electron chi connectivity index (χ1n) is 8.05. The molecule has 1 saturated heterocycles. The summed E-state index contributed by atoms with van der Waals surface area (Å²) in [5.74, 6) is 0.457. The van der Waals surface area contributed by atoms with E-state index in [1.54, 1.807) is 10.9 Å². The third-order valence-electron chi connectivity index (χ3n) is 4.03. The first-order chi connectivity index (χ1) is 12.3. The monoisotopic (exact) mass is 355 g/mol. The van der Waals surface area contributed by atoms with E-state index in [-0.39, 0.29) is 5.91 Å². The summed E-state index contributed by atoms with van der Waals surface area (Å²) >= 11 is 1.42. The van der Waals surface area contributed by atoms with Crippen molar-refractivity contribution in [1.29, 1.82) is 0 Å². The van der Waals surface area contributed by atoms with Crippen molar-refractivity contribution in [1.82, 2.24) is 24.6 Å². The number of fused-ring (bicyclic) bond motifs is 1. The number of ether oxygens (including phenoxy) is 1. The molecule has 0 unspecified atom stereocenters. The van der Waals surface area contributed by atoms with E-state index in [4.69, 9.17) is 4.74 Å². The first kappa shape index (κ1) is 16.0. The van der Waals surface area contributed by atoms with E-state index in [0.29, 0.717) is 32.1 Å². The molecular formula is C17H17N5O2S. The SMILES string of the molecule is O=C(CSc1ncnc2c1cnn2-c1ccccc1)N1CCOCC1. The van der Waals surface area contributed by atoms with Gasteiger partial charge in [0.15, 0.2) is 5.65 Å². The lowest BCUT2D eigenvalue weighted by Crippen LogP contribution is -2.41. The summed E-state index contributed by atoms with van der Waals surface area (Å²) < 4.78 is 7.07. The number of thioether (sulfide) groups is 1. The summed E-state index contributed by atoms with van der Waals surface area (Å²) in [4.78, 5) is 22.8. The van der Waals surface area contributed by atoms with Crippen molar-refractivity contribution in [3.05, 3.63) is 42.9 Å². The highest BCUT2D eigenvalue weighted by Crippen LogP contribution is 2.26. The maximum atomic E-state index is 12.3. The lowest BCUT2D eigenvalue weighted by atomic mass is 10.3. The number of hydrogen-bond acceptors (Lipinski definition) is 6. The van der Waals surface area contributed by atoms with Gasteiger partial charge in [-0.15, -0.1) is 0 Å². The Morgan fingerprint density at radius 2 is 1.96 bits per heavy atom. The van der Waals surface area contributed by atoms with Crippen LogP contribution in [0, 0.1) is 0 Å². The number of amides is 1. The number of para-hydroxylation sites is 1. The van der Waals surface area contributed by atoms with Crippen molar-refractivity contribution in [3.8, 4) is 5.69 Å². The number of rotatable bonds is 4. The molecule has 4 rings (SSSR count). The number of hydrogen-bond donors (Lipinski definition) is 0. The summed E-state index contributed by atoms with van der Waals surface area (Å²) in [6, 6.07) is 9.83. The van der Waals surface area contributed by atoms with Crippen LogP contribution in [0.15, 0.2) is 47.9 Å². The quantitative estimate of drug-likeness (QED) is 0.525. The van der Waals surface area contributed by atoms with E-state index in [1.807, 2.05) is 35.2 Å². The van der Waals surface area contributed by atoms with Gasteiger partial charge in [-0.05, 0) is 12.1 Å². The fourth-order valence-corrected chi connectivity index (χ4v) is 3.59. The lowest BCUT2D eigenvalue weighted by molar-refractivity contribution is -0.132. The molecule has 128 valence electrons. The fourth-order valence-electron chi connectivity index (χ4n) is 2.73. The number of aromatic nitrogens is 4. The predicted octanol–water partition coefficient (Wildman–Crippen LogP) is 1.77. The third kappa shape index (κ3) is 3.35. The molecule has 25 heavy (non-hydrogen) atoms. The Labute approximate surface area is 149 Å². The number of morpholine rings is 1. The zero-order chi connectivity index (χ0) is 17.1. The van der Waals surface area contributed by atoms with Gasteiger partial charge in [0.25, 0.3) is 0 Å². The zero-order valence-corrected chi connectivity index (χ0v) is 14.4. The second kappa shape index (κ2) is 7.20. The smallest absolute Gasteiger partial charge is 0.233 e. The van der Waals surface area contributed by atoms with E-state index < -0.39 is 0 Å². The Hall–Kier alpha value is -2.45. The molecule has 1 aliphatic heterocycles. The number of carbonyl (C=O) groups excluding carboxylic acids is 1. The lowest BCUT2D eigenvalue weighted by Gasteiger charge is -2.26. The maximum absolute atomic E-state index is 12.3. The minimum Gasteiger partial charge on any atom is -0.378 e. The molecule has 1 aliphatic rings. The van der Waals surface area contributed by atoms with Gasteiger partial charge in [0, 0.05) is 13.1 Å². The number of carbonyl (C=O) groups is 1. The minimum absolute atomic E-state index is 0.107. The van der Waals surface area contributed by atoms with Crippen LogP contribution >= 0.6 is 11.8 Å². The highest BCUT2D eigenvalue weighted by molar-refractivity contribution is 8.00. The highest BCUT2D eigenvalue weighted by Gasteiger charge is 2.18. The molecule has 3 aromatic rings. The first-order valence-corrected chi connectivity index (χ1v) is 9.04. The van der Waals surface area contributed by atoms with Crippen molar-refractivity contribution in [2.75, 3.05) is 32.1 Å². The Morgan fingerprint density at radius 1 is 1.16 bits per heavy atom. The molecular weight excluding hydrogens is 338 g/mol. The Morgan fingerprint density at radius 3 is 2.76 bits per heavy atom. The van der Waals surface area contributed by atoms with Crippen molar-refractivity contribution in [3.63, 3.8) is 0 Å².